The largest absolute Gasteiger partial charge is 0.495 e. The number of para-hydroxylation sites is 1. The molecule has 0 spiro atoms. The highest BCUT2D eigenvalue weighted by Crippen LogP contribution is 2.28. The average molecular weight is 426 g/mol. The van der Waals surface area contributed by atoms with E-state index in [0.717, 1.165) is 24.1 Å². The van der Waals surface area contributed by atoms with Gasteiger partial charge in [-0.15, -0.1) is 0 Å². The lowest BCUT2D eigenvalue weighted by Crippen LogP contribution is -2.27. The zero-order valence-electron chi connectivity index (χ0n) is 16.4. The van der Waals surface area contributed by atoms with Crippen LogP contribution in [0.5, 0.6) is 5.75 Å². The Kier molecular flexibility index (Phi) is 5.56. The summed E-state index contributed by atoms with van der Waals surface area (Å²) in [5.41, 5.74) is 2.05. The first-order valence-electron chi connectivity index (χ1n) is 9.53. The number of rotatable bonds is 8. The number of hydrogen-bond donors (Lipinski definition) is 2. The van der Waals surface area contributed by atoms with Crippen molar-refractivity contribution in [1.82, 2.24) is 19.6 Å². The number of sulfonamides is 1. The van der Waals surface area contributed by atoms with Crippen LogP contribution in [0.1, 0.15) is 28.8 Å². The smallest absolute Gasteiger partial charge is 0.251 e. The van der Waals surface area contributed by atoms with Crippen molar-refractivity contribution in [2.45, 2.75) is 30.3 Å². The fraction of sp³-hybridized carbons (Fsp3) is 0.238. The maximum atomic E-state index is 12.7. The van der Waals surface area contributed by atoms with Gasteiger partial charge in [0.1, 0.15) is 10.6 Å². The molecule has 3 aromatic rings. The van der Waals surface area contributed by atoms with E-state index in [1.165, 1.54) is 19.2 Å². The lowest BCUT2D eigenvalue weighted by Gasteiger charge is -2.13. The molecule has 0 aliphatic heterocycles. The van der Waals surface area contributed by atoms with Gasteiger partial charge in [0, 0.05) is 30.5 Å². The zero-order valence-corrected chi connectivity index (χ0v) is 17.2. The van der Waals surface area contributed by atoms with Gasteiger partial charge in [-0.3, -0.25) is 4.79 Å². The van der Waals surface area contributed by atoms with E-state index >= 15 is 0 Å². The lowest BCUT2D eigenvalue weighted by molar-refractivity contribution is 0.0950. The van der Waals surface area contributed by atoms with Crippen LogP contribution in [0.15, 0.2) is 66.1 Å². The highest BCUT2D eigenvalue weighted by atomic mass is 32.2. The third kappa shape index (κ3) is 4.37. The highest BCUT2D eigenvalue weighted by Gasteiger charge is 2.30. The van der Waals surface area contributed by atoms with E-state index in [9.17, 15) is 13.2 Å². The van der Waals surface area contributed by atoms with Gasteiger partial charge < -0.3 is 14.6 Å². The molecule has 156 valence electrons. The second-order valence-electron chi connectivity index (χ2n) is 7.04. The number of imidazole rings is 1. The number of aromatic nitrogens is 2. The van der Waals surface area contributed by atoms with Crippen molar-refractivity contribution < 1.29 is 17.9 Å². The number of nitrogens with zero attached hydrogens (tertiary/aromatic N) is 2. The molecule has 1 amide bonds. The van der Waals surface area contributed by atoms with Gasteiger partial charge in [0.2, 0.25) is 10.0 Å². The topological polar surface area (TPSA) is 102 Å². The molecule has 2 N–H and O–H groups in total. The van der Waals surface area contributed by atoms with Crippen molar-refractivity contribution in [1.29, 1.82) is 0 Å². The molecule has 0 bridgehead atoms. The van der Waals surface area contributed by atoms with Crippen LogP contribution in [-0.4, -0.2) is 37.0 Å². The first kappa shape index (κ1) is 20.1. The zero-order chi connectivity index (χ0) is 21.1. The summed E-state index contributed by atoms with van der Waals surface area (Å²) >= 11 is 0. The van der Waals surface area contributed by atoms with Gasteiger partial charge in [-0.05, 0) is 42.7 Å². The number of benzene rings is 2. The molecule has 1 fully saturated rings. The van der Waals surface area contributed by atoms with Crippen LogP contribution in [0, 0.1) is 0 Å². The summed E-state index contributed by atoms with van der Waals surface area (Å²) in [4.78, 5) is 16.8. The number of hydrogen-bond acceptors (Lipinski definition) is 5. The van der Waals surface area contributed by atoms with E-state index in [2.05, 4.69) is 15.0 Å². The summed E-state index contributed by atoms with van der Waals surface area (Å²) in [6, 6.07) is 12.0. The van der Waals surface area contributed by atoms with Crippen molar-refractivity contribution in [3.05, 3.63) is 72.3 Å². The molecule has 0 unspecified atom stereocenters. The Morgan fingerprint density at radius 3 is 2.73 bits per heavy atom. The van der Waals surface area contributed by atoms with Gasteiger partial charge in [-0.1, -0.05) is 18.2 Å². The molecule has 1 saturated carbocycles. The molecule has 1 heterocycles. The molecule has 1 aliphatic rings. The minimum absolute atomic E-state index is 0.0386. The molecule has 4 rings (SSSR count). The summed E-state index contributed by atoms with van der Waals surface area (Å²) < 4.78 is 35.0. The summed E-state index contributed by atoms with van der Waals surface area (Å²) in [5.74, 6) is -0.175. The number of carbonyl (C=O) groups is 1. The molecular weight excluding hydrogens is 404 g/mol. The molecule has 0 atom stereocenters. The Morgan fingerprint density at radius 2 is 2.03 bits per heavy atom. The number of ether oxygens (including phenoxy) is 1. The number of amides is 1. The Morgan fingerprint density at radius 1 is 1.23 bits per heavy atom. The van der Waals surface area contributed by atoms with E-state index in [1.807, 2.05) is 35.0 Å². The van der Waals surface area contributed by atoms with Crippen molar-refractivity contribution in [2.24, 2.45) is 0 Å². The minimum Gasteiger partial charge on any atom is -0.495 e. The maximum absolute atomic E-state index is 12.7. The fourth-order valence-corrected chi connectivity index (χ4v) is 4.60. The Balaban J connectivity index is 1.54. The van der Waals surface area contributed by atoms with Gasteiger partial charge in [0.05, 0.1) is 19.1 Å². The van der Waals surface area contributed by atoms with Crippen LogP contribution < -0.4 is 14.8 Å². The molecule has 30 heavy (non-hydrogen) atoms. The average Bonchev–Trinajstić information content (AvgIpc) is 3.38. The summed E-state index contributed by atoms with van der Waals surface area (Å²) in [6.07, 6.45) is 6.84. The van der Waals surface area contributed by atoms with E-state index in [0.29, 0.717) is 0 Å². The first-order chi connectivity index (χ1) is 14.5. The van der Waals surface area contributed by atoms with E-state index in [1.54, 1.807) is 18.6 Å². The third-order valence-corrected chi connectivity index (χ3v) is 6.37. The first-order valence-corrected chi connectivity index (χ1v) is 11.0. The van der Waals surface area contributed by atoms with E-state index < -0.39 is 10.0 Å². The predicted molar refractivity (Wildman–Crippen MR) is 111 cm³/mol. The van der Waals surface area contributed by atoms with Crippen molar-refractivity contribution >= 4 is 15.9 Å². The predicted octanol–water partition coefficient (Wildman–Crippen LogP) is 2.25. The minimum atomic E-state index is -3.76. The summed E-state index contributed by atoms with van der Waals surface area (Å²) in [6.45, 7) is 0.279. The summed E-state index contributed by atoms with van der Waals surface area (Å²) in [7, 11) is -2.36. The van der Waals surface area contributed by atoms with Crippen LogP contribution in [0.2, 0.25) is 0 Å². The van der Waals surface area contributed by atoms with Crippen LogP contribution in [0.25, 0.3) is 5.69 Å². The van der Waals surface area contributed by atoms with E-state index in [-0.39, 0.29) is 34.7 Å². The molecule has 8 nitrogen and oxygen atoms in total. The quantitative estimate of drug-likeness (QED) is 0.575. The number of nitrogens with one attached hydrogen (secondary N) is 2. The number of methoxy groups -OCH3 is 1. The van der Waals surface area contributed by atoms with E-state index in [4.69, 9.17) is 4.74 Å². The molecule has 1 aliphatic carbocycles. The molecule has 0 saturated heterocycles. The van der Waals surface area contributed by atoms with Crippen LogP contribution >= 0.6 is 0 Å². The number of carbonyl (C=O) groups excluding carboxylic acids is 1. The van der Waals surface area contributed by atoms with Crippen LogP contribution in [0.4, 0.5) is 0 Å². The maximum Gasteiger partial charge on any atom is 0.251 e. The van der Waals surface area contributed by atoms with Crippen molar-refractivity contribution in [2.75, 3.05) is 7.11 Å². The lowest BCUT2D eigenvalue weighted by atomic mass is 10.1. The molecule has 2 aromatic carbocycles. The Hall–Kier alpha value is -3.17. The second-order valence-corrected chi connectivity index (χ2v) is 8.72. The second kappa shape index (κ2) is 8.29. The van der Waals surface area contributed by atoms with Gasteiger partial charge >= 0.3 is 0 Å². The normalized spacial score (nSPS) is 13.8. The SMILES string of the molecule is COc1ccc(C(=O)NCc2ccccc2-n2ccnc2)cc1S(=O)(=O)NC1CC1. The van der Waals surface area contributed by atoms with Crippen LogP contribution in [0.3, 0.4) is 0 Å². The highest BCUT2D eigenvalue weighted by molar-refractivity contribution is 7.89. The van der Waals surface area contributed by atoms with Crippen LogP contribution in [-0.2, 0) is 16.6 Å². The Labute approximate surface area is 175 Å². The Bertz CT molecular complexity index is 1160. The van der Waals surface area contributed by atoms with Gasteiger partial charge in [0.15, 0.2) is 0 Å². The van der Waals surface area contributed by atoms with Crippen molar-refractivity contribution in [3.8, 4) is 11.4 Å². The van der Waals surface area contributed by atoms with Crippen molar-refractivity contribution in [3.63, 3.8) is 0 Å². The van der Waals surface area contributed by atoms with Gasteiger partial charge in [0.25, 0.3) is 5.91 Å². The molecule has 9 heteroatoms. The molecule has 1 aromatic heterocycles. The molecule has 0 radical (unpaired) electrons. The molecular formula is C21H22N4O4S. The monoisotopic (exact) mass is 426 g/mol. The van der Waals surface area contributed by atoms with Gasteiger partial charge in [-0.2, -0.15) is 0 Å². The van der Waals surface area contributed by atoms with Gasteiger partial charge in [-0.25, -0.2) is 18.1 Å². The fourth-order valence-electron chi connectivity index (χ4n) is 3.10. The summed E-state index contributed by atoms with van der Waals surface area (Å²) in [5, 5.41) is 2.86. The third-order valence-electron chi connectivity index (χ3n) is 4.83. The standard InChI is InChI=1S/C21H22N4O4S/c1-29-19-9-6-15(12-20(19)30(27,28)24-17-7-8-17)21(26)23-13-16-4-2-3-5-18(16)25-11-10-22-14-25/h2-6,9-12,14,17,24H,7-8,13H2,1H3,(H,23,26).